The summed E-state index contributed by atoms with van der Waals surface area (Å²) in [5.74, 6) is -1.15. The average molecular weight is 194 g/mol. The molecule has 1 atom stereocenters. The molecule has 0 radical (unpaired) electrons. The van der Waals surface area contributed by atoms with Gasteiger partial charge >= 0.3 is 5.97 Å². The van der Waals surface area contributed by atoms with Crippen molar-refractivity contribution in [3.05, 3.63) is 35.4 Å². The van der Waals surface area contributed by atoms with E-state index in [4.69, 9.17) is 10.2 Å². The summed E-state index contributed by atoms with van der Waals surface area (Å²) < 4.78 is 0. The molecule has 0 spiro atoms. The van der Waals surface area contributed by atoms with Crippen LogP contribution in [0, 0.1) is 6.92 Å². The summed E-state index contributed by atoms with van der Waals surface area (Å²) in [7, 11) is 0. The van der Waals surface area contributed by atoms with Gasteiger partial charge in [0.15, 0.2) is 6.10 Å². The summed E-state index contributed by atoms with van der Waals surface area (Å²) in [4.78, 5) is 10.3. The highest BCUT2D eigenvalue weighted by Gasteiger charge is 2.12. The Kier molecular flexibility index (Phi) is 3.65. The lowest BCUT2D eigenvalue weighted by Crippen LogP contribution is -2.19. The van der Waals surface area contributed by atoms with E-state index < -0.39 is 12.1 Å². The van der Waals surface area contributed by atoms with E-state index in [0.717, 1.165) is 11.1 Å². The quantitative estimate of drug-likeness (QED) is 0.761. The zero-order valence-corrected chi connectivity index (χ0v) is 8.10. The van der Waals surface area contributed by atoms with E-state index in [2.05, 4.69) is 0 Å². The molecule has 0 amide bonds. The third-order valence-corrected chi connectivity index (χ3v) is 2.07. The molecule has 3 nitrogen and oxygen atoms in total. The van der Waals surface area contributed by atoms with Gasteiger partial charge in [0.25, 0.3) is 0 Å². The molecule has 0 saturated carbocycles. The van der Waals surface area contributed by atoms with Crippen molar-refractivity contribution in [1.82, 2.24) is 0 Å². The number of aliphatic hydroxyl groups excluding tert-OH is 1. The zero-order chi connectivity index (χ0) is 10.6. The van der Waals surface area contributed by atoms with Crippen LogP contribution in [-0.2, 0) is 11.2 Å². The summed E-state index contributed by atoms with van der Waals surface area (Å²) >= 11 is 0. The predicted molar refractivity (Wildman–Crippen MR) is 53.1 cm³/mol. The van der Waals surface area contributed by atoms with Gasteiger partial charge in [-0.05, 0) is 25.3 Å². The first-order valence-electron chi connectivity index (χ1n) is 4.56. The van der Waals surface area contributed by atoms with Crippen LogP contribution in [0.2, 0.25) is 0 Å². The first kappa shape index (κ1) is 10.7. The average Bonchev–Trinajstić information content (AvgIpc) is 2.14. The molecule has 0 aromatic heterocycles. The fourth-order valence-electron chi connectivity index (χ4n) is 1.29. The minimum Gasteiger partial charge on any atom is -0.479 e. The molecule has 1 rings (SSSR count). The summed E-state index contributed by atoms with van der Waals surface area (Å²) in [6.07, 6.45) is -0.399. The molecule has 0 aliphatic heterocycles. The van der Waals surface area contributed by atoms with Crippen molar-refractivity contribution in [3.63, 3.8) is 0 Å². The molecule has 0 aliphatic carbocycles. The molecule has 0 fully saturated rings. The second-order valence-corrected chi connectivity index (χ2v) is 3.38. The van der Waals surface area contributed by atoms with Crippen molar-refractivity contribution in [2.24, 2.45) is 0 Å². The number of aliphatic hydroxyl groups is 1. The first-order valence-corrected chi connectivity index (χ1v) is 4.56. The van der Waals surface area contributed by atoms with Gasteiger partial charge < -0.3 is 10.2 Å². The van der Waals surface area contributed by atoms with E-state index in [1.165, 1.54) is 0 Å². The molecular weight excluding hydrogens is 180 g/mol. The molecule has 1 aromatic rings. The van der Waals surface area contributed by atoms with E-state index >= 15 is 0 Å². The smallest absolute Gasteiger partial charge is 0.332 e. The summed E-state index contributed by atoms with van der Waals surface area (Å²) in [6.45, 7) is 1.98. The summed E-state index contributed by atoms with van der Waals surface area (Å²) in [5.41, 5.74) is 2.21. The molecule has 1 aromatic carbocycles. The lowest BCUT2D eigenvalue weighted by atomic mass is 10.0. The van der Waals surface area contributed by atoms with Gasteiger partial charge in [0.05, 0.1) is 0 Å². The number of aryl methyl sites for hydroxylation is 2. The van der Waals surface area contributed by atoms with Gasteiger partial charge in [-0.25, -0.2) is 4.79 Å². The molecular formula is C11H14O3. The van der Waals surface area contributed by atoms with E-state index in [9.17, 15) is 4.79 Å². The maximum Gasteiger partial charge on any atom is 0.332 e. The Morgan fingerprint density at radius 2 is 2.21 bits per heavy atom. The molecule has 0 heterocycles. The summed E-state index contributed by atoms with van der Waals surface area (Å²) in [6, 6.07) is 7.84. The van der Waals surface area contributed by atoms with Gasteiger partial charge in [-0.1, -0.05) is 29.8 Å². The normalized spacial score (nSPS) is 12.4. The van der Waals surface area contributed by atoms with Crippen LogP contribution in [0.3, 0.4) is 0 Å². The monoisotopic (exact) mass is 194 g/mol. The van der Waals surface area contributed by atoms with Crippen LogP contribution >= 0.6 is 0 Å². The van der Waals surface area contributed by atoms with Crippen molar-refractivity contribution in [2.75, 3.05) is 0 Å². The van der Waals surface area contributed by atoms with Gasteiger partial charge in [-0.3, -0.25) is 0 Å². The van der Waals surface area contributed by atoms with E-state index in [-0.39, 0.29) is 6.42 Å². The third kappa shape index (κ3) is 3.18. The molecule has 0 bridgehead atoms. The highest BCUT2D eigenvalue weighted by atomic mass is 16.4. The van der Waals surface area contributed by atoms with Crippen molar-refractivity contribution in [1.29, 1.82) is 0 Å². The fourth-order valence-corrected chi connectivity index (χ4v) is 1.29. The Balaban J connectivity index is 2.49. The van der Waals surface area contributed by atoms with Crippen LogP contribution in [0.4, 0.5) is 0 Å². The lowest BCUT2D eigenvalue weighted by Gasteiger charge is -2.05. The van der Waals surface area contributed by atoms with Gasteiger partial charge in [-0.2, -0.15) is 0 Å². The van der Waals surface area contributed by atoms with Crippen LogP contribution < -0.4 is 0 Å². The maximum absolute atomic E-state index is 10.3. The van der Waals surface area contributed by atoms with Crippen molar-refractivity contribution in [2.45, 2.75) is 25.9 Å². The Labute approximate surface area is 83.0 Å². The van der Waals surface area contributed by atoms with Crippen molar-refractivity contribution < 1.29 is 15.0 Å². The van der Waals surface area contributed by atoms with E-state index in [1.54, 1.807) is 0 Å². The van der Waals surface area contributed by atoms with Gasteiger partial charge in [0, 0.05) is 0 Å². The number of hydrogen-bond acceptors (Lipinski definition) is 2. The largest absolute Gasteiger partial charge is 0.479 e. The first-order chi connectivity index (χ1) is 6.59. The van der Waals surface area contributed by atoms with Gasteiger partial charge in [0.1, 0.15) is 0 Å². The standard InChI is InChI=1S/C11H14O3/c1-8-3-2-4-9(7-8)5-6-10(12)11(13)14/h2-4,7,10,12H,5-6H2,1H3,(H,13,14)/t10-/m0/s1. The van der Waals surface area contributed by atoms with Crippen LogP contribution in [-0.4, -0.2) is 22.3 Å². The van der Waals surface area contributed by atoms with Crippen LogP contribution in [0.25, 0.3) is 0 Å². The third-order valence-electron chi connectivity index (χ3n) is 2.07. The molecule has 3 heteroatoms. The molecule has 76 valence electrons. The van der Waals surface area contributed by atoms with Gasteiger partial charge in [0.2, 0.25) is 0 Å². The number of benzene rings is 1. The maximum atomic E-state index is 10.3. The molecule has 0 saturated heterocycles. The highest BCUT2D eigenvalue weighted by Crippen LogP contribution is 2.08. The topological polar surface area (TPSA) is 57.5 Å². The zero-order valence-electron chi connectivity index (χ0n) is 8.10. The van der Waals surface area contributed by atoms with E-state index in [1.807, 2.05) is 31.2 Å². The SMILES string of the molecule is Cc1cccc(CC[C@H](O)C(=O)O)c1. The van der Waals surface area contributed by atoms with Gasteiger partial charge in [-0.15, -0.1) is 0 Å². The summed E-state index contributed by atoms with van der Waals surface area (Å²) in [5, 5.41) is 17.5. The minimum absolute atomic E-state index is 0.263. The number of rotatable bonds is 4. The fraction of sp³-hybridized carbons (Fsp3) is 0.364. The second-order valence-electron chi connectivity index (χ2n) is 3.38. The van der Waals surface area contributed by atoms with Crippen LogP contribution in [0.15, 0.2) is 24.3 Å². The number of hydrogen-bond donors (Lipinski definition) is 2. The highest BCUT2D eigenvalue weighted by molar-refractivity contribution is 5.71. The minimum atomic E-state index is -1.25. The molecule has 2 N–H and O–H groups in total. The second kappa shape index (κ2) is 4.77. The molecule has 0 unspecified atom stereocenters. The Morgan fingerprint density at radius 1 is 1.50 bits per heavy atom. The molecule has 0 aliphatic rings. The Bertz CT molecular complexity index is 320. The Hall–Kier alpha value is -1.35. The van der Waals surface area contributed by atoms with E-state index in [0.29, 0.717) is 6.42 Å². The lowest BCUT2D eigenvalue weighted by molar-refractivity contribution is -0.146. The van der Waals surface area contributed by atoms with Crippen molar-refractivity contribution in [3.8, 4) is 0 Å². The Morgan fingerprint density at radius 3 is 2.79 bits per heavy atom. The number of carboxylic acids is 1. The number of aliphatic carboxylic acids is 1. The molecule has 14 heavy (non-hydrogen) atoms. The van der Waals surface area contributed by atoms with Crippen LogP contribution in [0.5, 0.6) is 0 Å². The van der Waals surface area contributed by atoms with Crippen molar-refractivity contribution >= 4 is 5.97 Å². The number of carbonyl (C=O) groups is 1. The van der Waals surface area contributed by atoms with Crippen LogP contribution in [0.1, 0.15) is 17.5 Å². The number of carboxylic acid groups (broad SMARTS) is 1. The predicted octanol–water partition coefficient (Wildman–Crippen LogP) is 1.37.